The maximum atomic E-state index is 13.8. The van der Waals surface area contributed by atoms with Crippen LogP contribution in [-0.2, 0) is 13.0 Å². The molecule has 0 radical (unpaired) electrons. The van der Waals surface area contributed by atoms with Crippen molar-refractivity contribution in [2.45, 2.75) is 19.4 Å². The van der Waals surface area contributed by atoms with E-state index < -0.39 is 11.6 Å². The molecule has 4 aromatic rings. The third-order valence-electron chi connectivity index (χ3n) is 5.34. The Bertz CT molecular complexity index is 1290. The Hall–Kier alpha value is -3.46. The molecule has 0 spiro atoms. The van der Waals surface area contributed by atoms with Crippen molar-refractivity contribution in [2.24, 2.45) is 0 Å². The summed E-state index contributed by atoms with van der Waals surface area (Å²) in [6.45, 7) is 1.37. The number of imidazole rings is 1. The van der Waals surface area contributed by atoms with E-state index in [1.54, 1.807) is 34.9 Å². The van der Waals surface area contributed by atoms with E-state index >= 15 is 0 Å². The molecule has 3 heterocycles. The van der Waals surface area contributed by atoms with Crippen molar-refractivity contribution in [3.8, 4) is 11.4 Å². The number of aryl methyl sites for hydroxylation is 1. The van der Waals surface area contributed by atoms with Gasteiger partial charge in [-0.1, -0.05) is 17.7 Å². The molecule has 0 N–H and O–H groups in total. The normalized spacial score (nSPS) is 13.3. The van der Waals surface area contributed by atoms with Gasteiger partial charge in [-0.3, -0.25) is 0 Å². The van der Waals surface area contributed by atoms with Crippen LogP contribution in [0.4, 0.5) is 20.4 Å². The van der Waals surface area contributed by atoms with E-state index in [-0.39, 0.29) is 0 Å². The zero-order valence-electron chi connectivity index (χ0n) is 17.2. The van der Waals surface area contributed by atoms with Gasteiger partial charge in [-0.25, -0.2) is 18.4 Å². The molecule has 0 bridgehead atoms. The number of rotatable bonds is 5. The number of aromatic nitrogens is 5. The minimum atomic E-state index is -0.884. The Balaban J connectivity index is 1.42. The first-order valence-electron chi connectivity index (χ1n) is 10.0. The monoisotopic (exact) mass is 456 g/mol. The fourth-order valence-corrected chi connectivity index (χ4v) is 3.99. The summed E-state index contributed by atoms with van der Waals surface area (Å²) >= 11 is 5.93. The Labute approximate surface area is 187 Å². The van der Waals surface area contributed by atoms with Gasteiger partial charge in [-0.2, -0.15) is 10.1 Å². The van der Waals surface area contributed by atoms with Crippen molar-refractivity contribution in [1.29, 1.82) is 0 Å². The van der Waals surface area contributed by atoms with Crippen LogP contribution < -0.4 is 9.64 Å². The highest BCUT2D eigenvalue weighted by Gasteiger charge is 2.23. The molecule has 0 saturated heterocycles. The van der Waals surface area contributed by atoms with Crippen molar-refractivity contribution < 1.29 is 13.5 Å². The fraction of sp³-hybridized carbons (Fsp3) is 0.227. The number of hydrogen-bond acceptors (Lipinski definition) is 5. The van der Waals surface area contributed by atoms with Gasteiger partial charge in [-0.15, -0.1) is 0 Å². The highest BCUT2D eigenvalue weighted by molar-refractivity contribution is 6.29. The standard InChI is InChI=1S/C22H19ClF2N6O/c1-32-19-9-14(3-6-18(19)29-12-20(23)26-13-29)10-21-27-22-30(7-2-8-31(22)28-21)15-4-5-16(24)17(25)11-15/h3-6,9,11-13H,2,7-8,10H2,1H3. The summed E-state index contributed by atoms with van der Waals surface area (Å²) in [5.41, 5.74) is 2.34. The molecule has 0 atom stereocenters. The lowest BCUT2D eigenvalue weighted by Gasteiger charge is -2.27. The van der Waals surface area contributed by atoms with Crippen LogP contribution in [0.2, 0.25) is 5.15 Å². The van der Waals surface area contributed by atoms with Crippen LogP contribution in [0.3, 0.4) is 0 Å². The first kappa shape index (κ1) is 20.4. The number of benzene rings is 2. The lowest BCUT2D eigenvalue weighted by Crippen LogP contribution is -2.28. The summed E-state index contributed by atoms with van der Waals surface area (Å²) in [6.07, 6.45) is 4.65. The first-order chi connectivity index (χ1) is 15.5. The van der Waals surface area contributed by atoms with Gasteiger partial charge >= 0.3 is 0 Å². The third kappa shape index (κ3) is 3.80. The average Bonchev–Trinajstić information content (AvgIpc) is 3.41. The van der Waals surface area contributed by atoms with Crippen LogP contribution in [0.15, 0.2) is 48.9 Å². The lowest BCUT2D eigenvalue weighted by molar-refractivity contribution is 0.412. The van der Waals surface area contributed by atoms with Gasteiger partial charge in [0, 0.05) is 37.5 Å². The van der Waals surface area contributed by atoms with Gasteiger partial charge in [0.1, 0.15) is 17.2 Å². The summed E-state index contributed by atoms with van der Waals surface area (Å²) < 4.78 is 36.3. The number of halogens is 3. The van der Waals surface area contributed by atoms with Crippen LogP contribution in [-0.4, -0.2) is 38.0 Å². The van der Waals surface area contributed by atoms with Crippen molar-refractivity contribution >= 4 is 23.2 Å². The second kappa shape index (κ2) is 8.23. The molecule has 1 aliphatic heterocycles. The molecule has 32 heavy (non-hydrogen) atoms. The lowest BCUT2D eigenvalue weighted by atomic mass is 10.1. The highest BCUT2D eigenvalue weighted by atomic mass is 35.5. The smallest absolute Gasteiger partial charge is 0.228 e. The molecular weight excluding hydrogens is 438 g/mol. The Morgan fingerprint density at radius 2 is 1.97 bits per heavy atom. The number of nitrogens with zero attached hydrogens (tertiary/aromatic N) is 6. The first-order valence-corrected chi connectivity index (χ1v) is 10.4. The largest absolute Gasteiger partial charge is 0.495 e. The van der Waals surface area contributed by atoms with Gasteiger partial charge in [0.2, 0.25) is 5.95 Å². The molecule has 7 nitrogen and oxygen atoms in total. The Kier molecular flexibility index (Phi) is 5.26. The third-order valence-corrected chi connectivity index (χ3v) is 5.53. The molecule has 5 rings (SSSR count). The Morgan fingerprint density at radius 1 is 1.09 bits per heavy atom. The maximum Gasteiger partial charge on any atom is 0.228 e. The highest BCUT2D eigenvalue weighted by Crippen LogP contribution is 2.30. The molecule has 0 saturated carbocycles. The molecule has 164 valence electrons. The molecule has 0 unspecified atom stereocenters. The number of methoxy groups -OCH3 is 1. The van der Waals surface area contributed by atoms with Crippen LogP contribution in [0.5, 0.6) is 5.75 Å². The van der Waals surface area contributed by atoms with Gasteiger partial charge in [0.05, 0.1) is 12.8 Å². The molecule has 0 amide bonds. The second-order valence-corrected chi connectivity index (χ2v) is 7.83. The van der Waals surface area contributed by atoms with Gasteiger partial charge < -0.3 is 14.2 Å². The van der Waals surface area contributed by atoms with Gasteiger partial charge in [-0.05, 0) is 36.2 Å². The Morgan fingerprint density at radius 3 is 2.72 bits per heavy atom. The predicted octanol–water partition coefficient (Wildman–Crippen LogP) is 4.54. The maximum absolute atomic E-state index is 13.8. The van der Waals surface area contributed by atoms with Crippen LogP contribution in [0.1, 0.15) is 17.8 Å². The van der Waals surface area contributed by atoms with Gasteiger partial charge in [0.25, 0.3) is 0 Å². The fourth-order valence-electron chi connectivity index (χ4n) is 3.84. The summed E-state index contributed by atoms with van der Waals surface area (Å²) in [6, 6.07) is 9.69. The molecule has 1 aliphatic rings. The van der Waals surface area contributed by atoms with E-state index in [1.807, 2.05) is 23.1 Å². The number of anilines is 2. The summed E-state index contributed by atoms with van der Waals surface area (Å²) in [7, 11) is 1.61. The van der Waals surface area contributed by atoms with Crippen molar-refractivity contribution in [2.75, 3.05) is 18.6 Å². The number of hydrogen-bond donors (Lipinski definition) is 0. The van der Waals surface area contributed by atoms with E-state index in [0.717, 1.165) is 23.7 Å². The minimum absolute atomic E-state index is 0.398. The molecule has 10 heteroatoms. The number of ether oxygens (including phenoxy) is 1. The second-order valence-electron chi connectivity index (χ2n) is 7.44. The van der Waals surface area contributed by atoms with Crippen LogP contribution in [0.25, 0.3) is 5.69 Å². The van der Waals surface area contributed by atoms with Crippen LogP contribution >= 0.6 is 11.6 Å². The van der Waals surface area contributed by atoms with E-state index in [1.165, 1.54) is 6.07 Å². The zero-order chi connectivity index (χ0) is 22.2. The molecule has 2 aromatic carbocycles. The van der Waals surface area contributed by atoms with Crippen molar-refractivity contribution in [1.82, 2.24) is 24.3 Å². The zero-order valence-corrected chi connectivity index (χ0v) is 17.9. The quantitative estimate of drug-likeness (QED) is 0.441. The van der Waals surface area contributed by atoms with Crippen molar-refractivity contribution in [3.05, 3.63) is 77.1 Å². The summed E-state index contributed by atoms with van der Waals surface area (Å²) in [5.74, 6) is 0.168. The summed E-state index contributed by atoms with van der Waals surface area (Å²) in [5, 5.41) is 5.02. The summed E-state index contributed by atoms with van der Waals surface area (Å²) in [4.78, 5) is 10.6. The van der Waals surface area contributed by atoms with E-state index in [4.69, 9.17) is 16.3 Å². The van der Waals surface area contributed by atoms with Gasteiger partial charge in [0.15, 0.2) is 17.5 Å². The number of fused-ring (bicyclic) bond motifs is 1. The molecule has 0 fully saturated rings. The average molecular weight is 457 g/mol. The van der Waals surface area contributed by atoms with E-state index in [0.29, 0.717) is 47.9 Å². The SMILES string of the molecule is COc1cc(Cc2nc3n(n2)CCCN3c2ccc(F)c(F)c2)ccc1-n1cnc(Cl)c1. The van der Waals surface area contributed by atoms with E-state index in [2.05, 4.69) is 15.1 Å². The molecule has 0 aliphatic carbocycles. The molecular formula is C22H19ClF2N6O. The minimum Gasteiger partial charge on any atom is -0.495 e. The van der Waals surface area contributed by atoms with Crippen LogP contribution in [0, 0.1) is 11.6 Å². The van der Waals surface area contributed by atoms with E-state index in [9.17, 15) is 8.78 Å². The topological polar surface area (TPSA) is 61.0 Å². The van der Waals surface area contributed by atoms with Crippen molar-refractivity contribution in [3.63, 3.8) is 0 Å². The molecule has 2 aromatic heterocycles. The predicted molar refractivity (Wildman–Crippen MR) is 116 cm³/mol.